The molecule has 0 spiro atoms. The molecule has 0 aromatic heterocycles. The second-order valence-electron chi connectivity index (χ2n) is 5.74. The maximum Gasteiger partial charge on any atom is 0.335 e. The van der Waals surface area contributed by atoms with Crippen LogP contribution in [0.25, 0.3) is 0 Å². The molecule has 0 aliphatic carbocycles. The molecule has 6 N–H and O–H groups in total. The number of aliphatic hydroxyl groups excluding tert-OH is 3. The van der Waals surface area contributed by atoms with Gasteiger partial charge in [0.15, 0.2) is 23.7 Å². The van der Waals surface area contributed by atoms with Crippen molar-refractivity contribution in [3.63, 3.8) is 0 Å². The molecule has 0 bridgehead atoms. The molecule has 1 aromatic carbocycles. The van der Waals surface area contributed by atoms with Gasteiger partial charge in [0.05, 0.1) is 7.11 Å². The average Bonchev–Trinajstić information content (AvgIpc) is 2.63. The number of aliphatic carboxylic acids is 2. The van der Waals surface area contributed by atoms with E-state index in [1.807, 2.05) is 38.1 Å². The second kappa shape index (κ2) is 12.9. The summed E-state index contributed by atoms with van der Waals surface area (Å²) in [7, 11) is 1.60. The smallest absolute Gasteiger partial charge is 0.335 e. The Morgan fingerprint density at radius 2 is 1.48 bits per heavy atom. The molecule has 0 saturated carbocycles. The Balaban J connectivity index is 0.000000580. The molecule has 0 aliphatic rings. The van der Waals surface area contributed by atoms with Crippen LogP contribution in [0, 0.1) is 0 Å². The van der Waals surface area contributed by atoms with Gasteiger partial charge in [-0.2, -0.15) is 0 Å². The molecule has 27 heavy (non-hydrogen) atoms. The van der Waals surface area contributed by atoms with Crippen molar-refractivity contribution in [3.05, 3.63) is 24.3 Å². The molecule has 0 aliphatic heterocycles. The van der Waals surface area contributed by atoms with Crippen LogP contribution in [0.4, 0.5) is 0 Å². The molecule has 1 rings (SSSR count). The summed E-state index contributed by atoms with van der Waals surface area (Å²) in [6, 6.07) is 7.75. The third-order valence-corrected chi connectivity index (χ3v) is 3.07. The van der Waals surface area contributed by atoms with E-state index in [-0.39, 0.29) is 6.61 Å². The van der Waals surface area contributed by atoms with Crippen molar-refractivity contribution in [3.8, 4) is 11.5 Å². The first kappa shape index (κ1) is 24.6. The lowest BCUT2D eigenvalue weighted by atomic mass is 10.2. The lowest BCUT2D eigenvalue weighted by Crippen LogP contribution is -2.39. The van der Waals surface area contributed by atoms with Gasteiger partial charge in [-0.25, -0.2) is 9.59 Å². The summed E-state index contributed by atoms with van der Waals surface area (Å²) in [5, 5.41) is 45.4. The van der Waals surface area contributed by atoms with E-state index in [2.05, 4.69) is 5.32 Å². The number of carboxylic acid groups (broad SMARTS) is 2. The van der Waals surface area contributed by atoms with Gasteiger partial charge in [-0.15, -0.1) is 0 Å². The molecule has 1 aromatic rings. The minimum absolute atomic E-state index is 0.250. The maximum absolute atomic E-state index is 9.77. The highest BCUT2D eigenvalue weighted by Gasteiger charge is 2.29. The van der Waals surface area contributed by atoms with Gasteiger partial charge in [0.2, 0.25) is 0 Å². The number of aliphatic hydroxyl groups is 3. The molecule has 3 atom stereocenters. The van der Waals surface area contributed by atoms with Crippen LogP contribution in [-0.2, 0) is 9.59 Å². The van der Waals surface area contributed by atoms with E-state index in [4.69, 9.17) is 29.9 Å². The number of ether oxygens (including phenoxy) is 2. The molecular formula is C17H27NO9. The standard InChI is InChI=1S/C13H21NO3.C4H6O6/c1-10(2)14-8-11(15)9-17-13-7-5-4-6-12(13)16-3;5-1(3(7)8)2(6)4(9)10/h4-7,10-11,14-15H,8-9H2,1-3H3;1-2,5-6H,(H,7,8)(H,9,10). The Labute approximate surface area is 157 Å². The fourth-order valence-corrected chi connectivity index (χ4v) is 1.62. The number of carbonyl (C=O) groups is 2. The zero-order chi connectivity index (χ0) is 21.0. The van der Waals surface area contributed by atoms with E-state index in [0.717, 1.165) is 0 Å². The average molecular weight is 389 g/mol. The van der Waals surface area contributed by atoms with Crippen LogP contribution in [-0.4, -0.2) is 82.1 Å². The highest BCUT2D eigenvalue weighted by Crippen LogP contribution is 2.25. The number of hydrogen-bond acceptors (Lipinski definition) is 8. The van der Waals surface area contributed by atoms with Gasteiger partial charge >= 0.3 is 11.9 Å². The summed E-state index contributed by atoms with van der Waals surface area (Å²) in [5.74, 6) is -2.21. The van der Waals surface area contributed by atoms with E-state index in [9.17, 15) is 14.7 Å². The van der Waals surface area contributed by atoms with E-state index in [0.29, 0.717) is 24.1 Å². The Morgan fingerprint density at radius 3 is 1.89 bits per heavy atom. The lowest BCUT2D eigenvalue weighted by molar-refractivity contribution is -0.165. The minimum Gasteiger partial charge on any atom is -0.493 e. The van der Waals surface area contributed by atoms with Gasteiger partial charge in [0.25, 0.3) is 0 Å². The Morgan fingerprint density at radius 1 is 1.00 bits per heavy atom. The lowest BCUT2D eigenvalue weighted by Gasteiger charge is -2.16. The number of benzene rings is 1. The summed E-state index contributed by atoms with van der Waals surface area (Å²) in [6.45, 7) is 4.84. The highest BCUT2D eigenvalue weighted by atomic mass is 16.5. The Kier molecular flexibility index (Phi) is 11.7. The first-order valence-electron chi connectivity index (χ1n) is 8.09. The van der Waals surface area contributed by atoms with Gasteiger partial charge in [-0.3, -0.25) is 0 Å². The monoisotopic (exact) mass is 389 g/mol. The first-order chi connectivity index (χ1) is 12.6. The van der Waals surface area contributed by atoms with Crippen LogP contribution in [0.15, 0.2) is 24.3 Å². The maximum atomic E-state index is 9.77. The molecule has 0 fully saturated rings. The fraction of sp³-hybridized carbons (Fsp3) is 0.529. The van der Waals surface area contributed by atoms with Crippen LogP contribution in [0.3, 0.4) is 0 Å². The minimum atomic E-state index is -2.27. The van der Waals surface area contributed by atoms with Crippen LogP contribution in [0.2, 0.25) is 0 Å². The predicted molar refractivity (Wildman–Crippen MR) is 94.9 cm³/mol. The largest absolute Gasteiger partial charge is 0.493 e. The molecule has 0 radical (unpaired) electrons. The molecule has 10 heteroatoms. The SMILES string of the molecule is COc1ccccc1OCC(O)CNC(C)C.O=C(O)C(O)C(O)C(=O)O. The van der Waals surface area contributed by atoms with Crippen molar-refractivity contribution in [1.82, 2.24) is 5.32 Å². The number of carboxylic acids is 2. The number of rotatable bonds is 10. The van der Waals surface area contributed by atoms with Crippen LogP contribution >= 0.6 is 0 Å². The van der Waals surface area contributed by atoms with Crippen molar-refractivity contribution in [2.24, 2.45) is 0 Å². The van der Waals surface area contributed by atoms with Crippen molar-refractivity contribution < 1.29 is 44.6 Å². The van der Waals surface area contributed by atoms with Crippen LogP contribution in [0.1, 0.15) is 13.8 Å². The zero-order valence-electron chi connectivity index (χ0n) is 15.4. The molecule has 0 amide bonds. The fourth-order valence-electron chi connectivity index (χ4n) is 1.62. The van der Waals surface area contributed by atoms with Crippen molar-refractivity contribution >= 4 is 11.9 Å². The van der Waals surface area contributed by atoms with Crippen molar-refractivity contribution in [2.75, 3.05) is 20.3 Å². The van der Waals surface area contributed by atoms with Gasteiger partial charge < -0.3 is 40.3 Å². The summed E-state index contributed by atoms with van der Waals surface area (Å²) < 4.78 is 10.7. The number of methoxy groups -OCH3 is 1. The van der Waals surface area contributed by atoms with Crippen LogP contribution in [0.5, 0.6) is 11.5 Å². The zero-order valence-corrected chi connectivity index (χ0v) is 15.4. The molecule has 0 saturated heterocycles. The third kappa shape index (κ3) is 10.4. The predicted octanol–water partition coefficient (Wildman–Crippen LogP) is -0.690. The molecular weight excluding hydrogens is 362 g/mol. The molecule has 154 valence electrons. The Hall–Kier alpha value is -2.40. The van der Waals surface area contributed by atoms with Gasteiger partial charge in [-0.1, -0.05) is 26.0 Å². The van der Waals surface area contributed by atoms with Gasteiger partial charge in [-0.05, 0) is 12.1 Å². The quantitative estimate of drug-likeness (QED) is 0.301. The summed E-state index contributed by atoms with van der Waals surface area (Å²) >= 11 is 0. The topological polar surface area (TPSA) is 166 Å². The number of hydrogen-bond donors (Lipinski definition) is 6. The van der Waals surface area contributed by atoms with Crippen molar-refractivity contribution in [2.45, 2.75) is 38.2 Å². The molecule has 3 unspecified atom stereocenters. The summed E-state index contributed by atoms with van der Waals surface area (Å²) in [5.41, 5.74) is 0. The summed E-state index contributed by atoms with van der Waals surface area (Å²) in [4.78, 5) is 19.5. The molecule has 10 nitrogen and oxygen atoms in total. The van der Waals surface area contributed by atoms with Gasteiger partial charge in [0.1, 0.15) is 12.7 Å². The third-order valence-electron chi connectivity index (χ3n) is 3.07. The van der Waals surface area contributed by atoms with E-state index in [1.54, 1.807) is 7.11 Å². The van der Waals surface area contributed by atoms with Gasteiger partial charge in [0, 0.05) is 12.6 Å². The normalized spacial score (nSPS) is 13.7. The second-order valence-corrected chi connectivity index (χ2v) is 5.74. The molecule has 0 heterocycles. The first-order valence-corrected chi connectivity index (χ1v) is 8.09. The number of nitrogens with one attached hydrogen (secondary N) is 1. The van der Waals surface area contributed by atoms with Crippen LogP contribution < -0.4 is 14.8 Å². The number of para-hydroxylation sites is 2. The van der Waals surface area contributed by atoms with E-state index >= 15 is 0 Å². The highest BCUT2D eigenvalue weighted by molar-refractivity contribution is 5.83. The Bertz CT molecular complexity index is 561. The summed E-state index contributed by atoms with van der Waals surface area (Å²) in [6.07, 6.45) is -5.06. The van der Waals surface area contributed by atoms with Crippen molar-refractivity contribution in [1.29, 1.82) is 0 Å². The van der Waals surface area contributed by atoms with E-state index in [1.165, 1.54) is 0 Å². The van der Waals surface area contributed by atoms with E-state index < -0.39 is 30.3 Å².